The first-order valence-electron chi connectivity index (χ1n) is 4.67. The van der Waals surface area contributed by atoms with Crippen LogP contribution in [-0.4, -0.2) is 19.0 Å². The normalized spacial score (nSPS) is 9.88. The van der Waals surface area contributed by atoms with Crippen LogP contribution in [0.3, 0.4) is 0 Å². The van der Waals surface area contributed by atoms with Gasteiger partial charge in [0.05, 0.1) is 6.54 Å². The predicted octanol–water partition coefficient (Wildman–Crippen LogP) is 2.11. The van der Waals surface area contributed by atoms with Gasteiger partial charge in [0.1, 0.15) is 5.82 Å². The largest absolute Gasteiger partial charge is 0.325 e. The van der Waals surface area contributed by atoms with Crippen LogP contribution in [0.5, 0.6) is 0 Å². The monoisotopic (exact) mass is 242 g/mol. The molecule has 0 aliphatic heterocycles. The Balaban J connectivity index is 2.34. The molecule has 0 spiro atoms. The fourth-order valence-corrected chi connectivity index (χ4v) is 1.14. The molecule has 1 aromatic carbocycles. The molecular weight excluding hydrogens is 231 g/mol. The number of rotatable bonds is 5. The van der Waals surface area contributed by atoms with E-state index in [1.807, 2.05) is 0 Å². The van der Waals surface area contributed by atoms with E-state index in [9.17, 15) is 9.18 Å². The van der Waals surface area contributed by atoms with E-state index >= 15 is 0 Å². The van der Waals surface area contributed by atoms with Gasteiger partial charge in [0.15, 0.2) is 0 Å². The number of halogens is 2. The van der Waals surface area contributed by atoms with Gasteiger partial charge >= 0.3 is 0 Å². The second kappa shape index (κ2) is 6.25. The smallest absolute Gasteiger partial charge is 0.238 e. The van der Waals surface area contributed by atoms with Crippen molar-refractivity contribution in [3.8, 4) is 0 Å². The Hall–Kier alpha value is -1.39. The lowest BCUT2D eigenvalue weighted by Gasteiger charge is -2.05. The molecule has 1 rings (SSSR count). The summed E-state index contributed by atoms with van der Waals surface area (Å²) in [5.74, 6) is -0.556. The second-order valence-corrected chi connectivity index (χ2v) is 3.71. The third kappa shape index (κ3) is 4.91. The molecule has 5 heteroatoms. The highest BCUT2D eigenvalue weighted by molar-refractivity contribution is 6.29. The summed E-state index contributed by atoms with van der Waals surface area (Å²) < 4.78 is 12.6. The molecule has 1 amide bonds. The molecular formula is C11H12ClFN2O. The van der Waals surface area contributed by atoms with Crippen molar-refractivity contribution in [3.63, 3.8) is 0 Å². The fourth-order valence-electron chi connectivity index (χ4n) is 1.05. The molecule has 0 fully saturated rings. The van der Waals surface area contributed by atoms with Crippen molar-refractivity contribution in [3.05, 3.63) is 41.7 Å². The van der Waals surface area contributed by atoms with Crippen LogP contribution >= 0.6 is 11.6 Å². The minimum atomic E-state index is -0.338. The first-order chi connectivity index (χ1) is 7.58. The minimum Gasteiger partial charge on any atom is -0.325 e. The number of anilines is 1. The Labute approximate surface area is 98.3 Å². The molecule has 0 bridgehead atoms. The average molecular weight is 243 g/mol. The summed E-state index contributed by atoms with van der Waals surface area (Å²) in [7, 11) is 0. The quantitative estimate of drug-likeness (QED) is 0.830. The van der Waals surface area contributed by atoms with Gasteiger partial charge in [-0.1, -0.05) is 18.2 Å². The lowest BCUT2D eigenvalue weighted by Crippen LogP contribution is -2.28. The van der Waals surface area contributed by atoms with Gasteiger partial charge in [-0.2, -0.15) is 0 Å². The molecule has 0 atom stereocenters. The zero-order chi connectivity index (χ0) is 12.0. The topological polar surface area (TPSA) is 41.1 Å². The van der Waals surface area contributed by atoms with E-state index in [2.05, 4.69) is 17.2 Å². The molecule has 0 aliphatic rings. The van der Waals surface area contributed by atoms with Crippen LogP contribution < -0.4 is 10.6 Å². The van der Waals surface area contributed by atoms with Gasteiger partial charge in [-0.05, 0) is 24.3 Å². The maximum Gasteiger partial charge on any atom is 0.238 e. The second-order valence-electron chi connectivity index (χ2n) is 3.18. The maximum absolute atomic E-state index is 12.6. The van der Waals surface area contributed by atoms with Crippen molar-refractivity contribution in [2.24, 2.45) is 0 Å². The highest BCUT2D eigenvalue weighted by atomic mass is 35.5. The molecule has 0 saturated carbocycles. The predicted molar refractivity (Wildman–Crippen MR) is 62.9 cm³/mol. The maximum atomic E-state index is 12.6. The molecule has 0 unspecified atom stereocenters. The zero-order valence-electron chi connectivity index (χ0n) is 8.59. The Morgan fingerprint density at radius 2 is 1.94 bits per heavy atom. The molecule has 86 valence electrons. The molecule has 0 saturated heterocycles. The van der Waals surface area contributed by atoms with Crippen LogP contribution in [0.4, 0.5) is 10.1 Å². The Morgan fingerprint density at radius 1 is 1.31 bits per heavy atom. The molecule has 1 aromatic rings. The van der Waals surface area contributed by atoms with Crippen molar-refractivity contribution in [2.75, 3.05) is 18.4 Å². The summed E-state index contributed by atoms with van der Waals surface area (Å²) in [4.78, 5) is 11.3. The minimum absolute atomic E-state index is 0.128. The molecule has 0 aliphatic carbocycles. The lowest BCUT2D eigenvalue weighted by molar-refractivity contribution is -0.115. The van der Waals surface area contributed by atoms with Gasteiger partial charge in [0.25, 0.3) is 0 Å². The zero-order valence-corrected chi connectivity index (χ0v) is 9.35. The molecule has 0 radical (unpaired) electrons. The first kappa shape index (κ1) is 12.7. The summed E-state index contributed by atoms with van der Waals surface area (Å²) in [5, 5.41) is 5.84. The number of nitrogens with one attached hydrogen (secondary N) is 2. The number of amides is 1. The summed E-state index contributed by atoms with van der Waals surface area (Å²) in [5.41, 5.74) is 0.554. The van der Waals surface area contributed by atoms with Gasteiger partial charge < -0.3 is 10.6 Å². The van der Waals surface area contributed by atoms with E-state index in [-0.39, 0.29) is 18.3 Å². The number of carbonyl (C=O) groups excluding carboxylic acids is 1. The van der Waals surface area contributed by atoms with Crippen LogP contribution in [0.2, 0.25) is 0 Å². The fraction of sp³-hybridized carbons (Fsp3) is 0.182. The number of hydrogen-bond acceptors (Lipinski definition) is 2. The lowest BCUT2D eigenvalue weighted by atomic mass is 10.3. The van der Waals surface area contributed by atoms with E-state index in [0.29, 0.717) is 17.3 Å². The number of hydrogen-bond donors (Lipinski definition) is 2. The summed E-state index contributed by atoms with van der Waals surface area (Å²) >= 11 is 5.51. The van der Waals surface area contributed by atoms with Gasteiger partial charge in [0, 0.05) is 17.3 Å². The third-order valence-electron chi connectivity index (χ3n) is 1.73. The Morgan fingerprint density at radius 3 is 2.50 bits per heavy atom. The van der Waals surface area contributed by atoms with E-state index in [1.165, 1.54) is 24.3 Å². The van der Waals surface area contributed by atoms with Crippen LogP contribution in [0.25, 0.3) is 0 Å². The highest BCUT2D eigenvalue weighted by Gasteiger charge is 2.01. The van der Waals surface area contributed by atoms with Crippen molar-refractivity contribution < 1.29 is 9.18 Å². The Bertz CT molecular complexity index is 378. The van der Waals surface area contributed by atoms with Crippen LogP contribution in [0, 0.1) is 5.82 Å². The average Bonchev–Trinajstić information content (AvgIpc) is 2.21. The van der Waals surface area contributed by atoms with E-state index < -0.39 is 0 Å². The third-order valence-corrected chi connectivity index (χ3v) is 1.86. The summed E-state index contributed by atoms with van der Waals surface area (Å²) in [6.07, 6.45) is 0. The van der Waals surface area contributed by atoms with Gasteiger partial charge in [-0.15, -0.1) is 0 Å². The van der Waals surface area contributed by atoms with E-state index in [0.717, 1.165) is 0 Å². The SMILES string of the molecule is C=C(Cl)CNCC(=O)Nc1ccc(F)cc1. The number of carbonyl (C=O) groups is 1. The van der Waals surface area contributed by atoms with Crippen LogP contribution in [0.15, 0.2) is 35.9 Å². The van der Waals surface area contributed by atoms with Gasteiger partial charge in [0.2, 0.25) is 5.91 Å². The van der Waals surface area contributed by atoms with E-state index in [1.54, 1.807) is 0 Å². The van der Waals surface area contributed by atoms with Crippen molar-refractivity contribution in [1.29, 1.82) is 0 Å². The van der Waals surface area contributed by atoms with Crippen molar-refractivity contribution in [2.45, 2.75) is 0 Å². The molecule has 3 nitrogen and oxygen atoms in total. The molecule has 2 N–H and O–H groups in total. The first-order valence-corrected chi connectivity index (χ1v) is 5.05. The number of benzene rings is 1. The van der Waals surface area contributed by atoms with E-state index in [4.69, 9.17) is 11.6 Å². The van der Waals surface area contributed by atoms with Gasteiger partial charge in [-0.3, -0.25) is 4.79 Å². The molecule has 0 heterocycles. The van der Waals surface area contributed by atoms with Crippen LogP contribution in [-0.2, 0) is 4.79 Å². The molecule has 0 aromatic heterocycles. The highest BCUT2D eigenvalue weighted by Crippen LogP contribution is 2.07. The standard InChI is InChI=1S/C11H12ClFN2O/c1-8(12)6-14-7-11(16)15-10-4-2-9(13)3-5-10/h2-5,14H,1,6-7H2,(H,15,16). The van der Waals surface area contributed by atoms with Crippen molar-refractivity contribution >= 4 is 23.2 Å². The van der Waals surface area contributed by atoms with Gasteiger partial charge in [-0.25, -0.2) is 4.39 Å². The Kier molecular flexibility index (Phi) is 4.95. The van der Waals surface area contributed by atoms with Crippen molar-refractivity contribution in [1.82, 2.24) is 5.32 Å². The molecule has 16 heavy (non-hydrogen) atoms. The summed E-state index contributed by atoms with van der Waals surface area (Å²) in [6, 6.07) is 5.55. The van der Waals surface area contributed by atoms with Crippen LogP contribution in [0.1, 0.15) is 0 Å². The summed E-state index contributed by atoms with van der Waals surface area (Å²) in [6.45, 7) is 3.98.